The fourth-order valence-corrected chi connectivity index (χ4v) is 4.61. The van der Waals surface area contributed by atoms with E-state index in [0.717, 1.165) is 31.7 Å². The van der Waals surface area contributed by atoms with Crippen molar-refractivity contribution in [3.8, 4) is 11.3 Å². The van der Waals surface area contributed by atoms with Crippen molar-refractivity contribution in [2.45, 2.75) is 51.4 Å². The molecule has 2 fully saturated rings. The summed E-state index contributed by atoms with van der Waals surface area (Å²) in [6.45, 7) is 2.59. The summed E-state index contributed by atoms with van der Waals surface area (Å²) in [5, 5.41) is 10.1. The largest absolute Gasteiger partial charge is 0.368 e. The minimum atomic E-state index is -0.0361. The van der Waals surface area contributed by atoms with Crippen LogP contribution in [0.3, 0.4) is 0 Å². The standard InChI is InChI=1S/C23H31ClN6O/c24-19-13-28-21(30-23(31)17-8-5-9-25-12-17)10-18(19)20-14-26-15-22(29-20)27-11-16-6-3-1-2-4-7-16/h10,13-17,25H,1-9,11-12H2,(H,27,29)(H,28,30,31). The van der Waals surface area contributed by atoms with Gasteiger partial charge in [-0.25, -0.2) is 9.97 Å². The number of nitrogens with zero attached hydrogens (tertiary/aromatic N) is 3. The van der Waals surface area contributed by atoms with Gasteiger partial charge in [0.2, 0.25) is 5.91 Å². The first-order valence-corrected chi connectivity index (χ1v) is 11.8. The number of carbonyl (C=O) groups excluding carboxylic acids is 1. The number of aromatic nitrogens is 3. The number of halogens is 1. The van der Waals surface area contributed by atoms with E-state index in [1.807, 2.05) is 0 Å². The van der Waals surface area contributed by atoms with Gasteiger partial charge in [-0.05, 0) is 44.2 Å². The number of nitrogens with one attached hydrogen (secondary N) is 3. The zero-order valence-electron chi connectivity index (χ0n) is 17.9. The maximum atomic E-state index is 12.6. The smallest absolute Gasteiger partial charge is 0.229 e. The van der Waals surface area contributed by atoms with Crippen LogP contribution in [0.15, 0.2) is 24.7 Å². The van der Waals surface area contributed by atoms with Gasteiger partial charge in [-0.15, -0.1) is 0 Å². The van der Waals surface area contributed by atoms with E-state index in [2.05, 4.69) is 25.9 Å². The summed E-state index contributed by atoms with van der Waals surface area (Å²) in [4.78, 5) is 25.9. The van der Waals surface area contributed by atoms with Crippen LogP contribution in [0.25, 0.3) is 11.3 Å². The van der Waals surface area contributed by atoms with Crippen LogP contribution in [0.5, 0.6) is 0 Å². The van der Waals surface area contributed by atoms with Gasteiger partial charge >= 0.3 is 0 Å². The van der Waals surface area contributed by atoms with Gasteiger partial charge in [0.25, 0.3) is 0 Å². The summed E-state index contributed by atoms with van der Waals surface area (Å²) in [6, 6.07) is 1.77. The first-order valence-electron chi connectivity index (χ1n) is 11.4. The summed E-state index contributed by atoms with van der Waals surface area (Å²) >= 11 is 6.41. The van der Waals surface area contributed by atoms with Crippen molar-refractivity contribution in [3.05, 3.63) is 29.7 Å². The van der Waals surface area contributed by atoms with E-state index in [-0.39, 0.29) is 11.8 Å². The predicted octanol–water partition coefficient (Wildman–Crippen LogP) is 4.51. The Balaban J connectivity index is 1.44. The molecule has 7 nitrogen and oxygen atoms in total. The van der Waals surface area contributed by atoms with Gasteiger partial charge in [0.1, 0.15) is 11.6 Å². The molecule has 4 rings (SSSR count). The van der Waals surface area contributed by atoms with Gasteiger partial charge in [-0.1, -0.05) is 37.3 Å². The monoisotopic (exact) mass is 442 g/mol. The van der Waals surface area contributed by atoms with E-state index in [1.165, 1.54) is 38.5 Å². The Morgan fingerprint density at radius 3 is 2.68 bits per heavy atom. The van der Waals surface area contributed by atoms with Crippen LogP contribution in [-0.4, -0.2) is 40.5 Å². The van der Waals surface area contributed by atoms with Gasteiger partial charge in [-0.3, -0.25) is 9.78 Å². The average molecular weight is 443 g/mol. The van der Waals surface area contributed by atoms with E-state index < -0.39 is 0 Å². The highest BCUT2D eigenvalue weighted by Crippen LogP contribution is 2.29. The van der Waals surface area contributed by atoms with Crippen LogP contribution in [0.1, 0.15) is 51.4 Å². The van der Waals surface area contributed by atoms with Crippen molar-refractivity contribution in [1.82, 2.24) is 20.3 Å². The molecule has 1 aliphatic heterocycles. The molecule has 2 aliphatic rings. The molecule has 31 heavy (non-hydrogen) atoms. The van der Waals surface area contributed by atoms with Crippen molar-refractivity contribution < 1.29 is 4.79 Å². The van der Waals surface area contributed by atoms with Crippen LogP contribution in [0.4, 0.5) is 11.6 Å². The first-order chi connectivity index (χ1) is 15.2. The number of piperidine rings is 1. The molecule has 2 aromatic heterocycles. The summed E-state index contributed by atoms with van der Waals surface area (Å²) in [7, 11) is 0. The molecular weight excluding hydrogens is 412 g/mol. The quantitative estimate of drug-likeness (QED) is 0.570. The van der Waals surface area contributed by atoms with E-state index in [1.54, 1.807) is 24.7 Å². The zero-order valence-corrected chi connectivity index (χ0v) is 18.6. The van der Waals surface area contributed by atoms with E-state index in [4.69, 9.17) is 16.6 Å². The molecule has 0 bridgehead atoms. The molecule has 1 saturated carbocycles. The van der Waals surface area contributed by atoms with Crippen molar-refractivity contribution >= 4 is 29.1 Å². The molecule has 0 spiro atoms. The average Bonchev–Trinajstić information content (AvgIpc) is 3.09. The lowest BCUT2D eigenvalue weighted by Gasteiger charge is -2.21. The molecule has 3 N–H and O–H groups in total. The molecule has 3 heterocycles. The van der Waals surface area contributed by atoms with Crippen molar-refractivity contribution in [1.29, 1.82) is 0 Å². The van der Waals surface area contributed by atoms with Crippen LogP contribution in [0, 0.1) is 11.8 Å². The molecule has 1 saturated heterocycles. The Hall–Kier alpha value is -2.25. The van der Waals surface area contributed by atoms with Crippen molar-refractivity contribution in [2.75, 3.05) is 30.3 Å². The van der Waals surface area contributed by atoms with E-state index >= 15 is 0 Å². The number of hydrogen-bond donors (Lipinski definition) is 3. The van der Waals surface area contributed by atoms with Gasteiger partial charge in [0.15, 0.2) is 0 Å². The van der Waals surface area contributed by atoms with Gasteiger partial charge in [-0.2, -0.15) is 0 Å². The Morgan fingerprint density at radius 2 is 1.90 bits per heavy atom. The normalized spacial score (nSPS) is 20.1. The Morgan fingerprint density at radius 1 is 1.06 bits per heavy atom. The van der Waals surface area contributed by atoms with Crippen molar-refractivity contribution in [3.63, 3.8) is 0 Å². The summed E-state index contributed by atoms with van der Waals surface area (Å²) in [6.07, 6.45) is 14.8. The number of rotatable bonds is 6. The van der Waals surface area contributed by atoms with Crippen LogP contribution in [-0.2, 0) is 4.79 Å². The third-order valence-corrected chi connectivity index (χ3v) is 6.53. The number of pyridine rings is 1. The summed E-state index contributed by atoms with van der Waals surface area (Å²) < 4.78 is 0. The van der Waals surface area contributed by atoms with Gasteiger partial charge < -0.3 is 16.0 Å². The predicted molar refractivity (Wildman–Crippen MR) is 124 cm³/mol. The Kier molecular flexibility index (Phi) is 7.70. The van der Waals surface area contributed by atoms with E-state index in [0.29, 0.717) is 34.6 Å². The molecular formula is C23H31ClN6O. The molecule has 166 valence electrons. The molecule has 2 aromatic rings. The van der Waals surface area contributed by atoms with Crippen LogP contribution >= 0.6 is 11.6 Å². The molecule has 0 aromatic carbocycles. The fourth-order valence-electron chi connectivity index (χ4n) is 4.41. The number of carbonyl (C=O) groups is 1. The van der Waals surface area contributed by atoms with Crippen LogP contribution < -0.4 is 16.0 Å². The molecule has 1 atom stereocenters. The minimum Gasteiger partial charge on any atom is -0.368 e. The SMILES string of the molecule is O=C(Nc1cc(-c2cncc(NCC3CCCCCC3)n2)c(Cl)cn1)C1CCCNC1. The molecule has 0 radical (unpaired) electrons. The second kappa shape index (κ2) is 10.9. The van der Waals surface area contributed by atoms with E-state index in [9.17, 15) is 4.79 Å². The minimum absolute atomic E-state index is 0.0159. The zero-order chi connectivity index (χ0) is 21.5. The highest BCUT2D eigenvalue weighted by atomic mass is 35.5. The van der Waals surface area contributed by atoms with Crippen molar-refractivity contribution in [2.24, 2.45) is 11.8 Å². The number of anilines is 2. The maximum Gasteiger partial charge on any atom is 0.229 e. The number of amides is 1. The molecule has 1 unspecified atom stereocenters. The highest BCUT2D eigenvalue weighted by molar-refractivity contribution is 6.33. The topological polar surface area (TPSA) is 91.8 Å². The van der Waals surface area contributed by atoms with Gasteiger partial charge in [0, 0.05) is 24.8 Å². The molecule has 1 aliphatic carbocycles. The lowest BCUT2D eigenvalue weighted by Crippen LogP contribution is -2.37. The third-order valence-electron chi connectivity index (χ3n) is 6.23. The van der Waals surface area contributed by atoms with Crippen LogP contribution in [0.2, 0.25) is 5.02 Å². The highest BCUT2D eigenvalue weighted by Gasteiger charge is 2.21. The maximum absolute atomic E-state index is 12.6. The lowest BCUT2D eigenvalue weighted by molar-refractivity contribution is -0.120. The molecule has 1 amide bonds. The van der Waals surface area contributed by atoms with Gasteiger partial charge in [0.05, 0.1) is 29.0 Å². The summed E-state index contributed by atoms with van der Waals surface area (Å²) in [5.41, 5.74) is 1.37. The first kappa shape index (κ1) is 22.0. The summed E-state index contributed by atoms with van der Waals surface area (Å²) in [5.74, 6) is 1.86. The Bertz CT molecular complexity index is 878. The second-order valence-corrected chi connectivity index (χ2v) is 9.02. The number of hydrogen-bond acceptors (Lipinski definition) is 6. The molecule has 8 heteroatoms. The Labute approximate surface area is 188 Å². The lowest BCUT2D eigenvalue weighted by atomic mass is 9.99. The fraction of sp³-hybridized carbons (Fsp3) is 0.565. The second-order valence-electron chi connectivity index (χ2n) is 8.61. The third kappa shape index (κ3) is 6.14.